The van der Waals surface area contributed by atoms with Crippen LogP contribution in [0.1, 0.15) is 23.1 Å². The van der Waals surface area contributed by atoms with Gasteiger partial charge < -0.3 is 14.2 Å². The maximum atomic E-state index is 5.95. The molecule has 1 aliphatic rings. The third-order valence-corrected chi connectivity index (χ3v) is 4.26. The minimum Gasteiger partial charge on any atom is -0.373 e. The maximum absolute atomic E-state index is 5.95. The second-order valence-corrected chi connectivity index (χ2v) is 6.16. The van der Waals surface area contributed by atoms with E-state index in [1.807, 2.05) is 43.7 Å². The zero-order valence-corrected chi connectivity index (χ0v) is 14.1. The van der Waals surface area contributed by atoms with Crippen molar-refractivity contribution in [3.05, 3.63) is 66.3 Å². The molecule has 0 N–H and O–H groups in total. The minimum absolute atomic E-state index is 0.167. The summed E-state index contributed by atoms with van der Waals surface area (Å²) in [5.74, 6) is 0.736. The van der Waals surface area contributed by atoms with Crippen molar-refractivity contribution in [2.24, 2.45) is 0 Å². The van der Waals surface area contributed by atoms with Crippen LogP contribution in [0.15, 0.2) is 49.2 Å². The molecule has 128 valence electrons. The summed E-state index contributed by atoms with van der Waals surface area (Å²) in [5, 5.41) is 0. The van der Waals surface area contributed by atoms with Crippen molar-refractivity contribution >= 4 is 5.95 Å². The van der Waals surface area contributed by atoms with E-state index in [9.17, 15) is 0 Å². The predicted octanol–water partition coefficient (Wildman–Crippen LogP) is 2.15. The first-order valence-electron chi connectivity index (χ1n) is 8.32. The average Bonchev–Trinajstić information content (AvgIpc) is 3.11. The second kappa shape index (κ2) is 6.98. The van der Waals surface area contributed by atoms with Crippen molar-refractivity contribution in [1.29, 1.82) is 0 Å². The molecule has 3 aromatic rings. The summed E-state index contributed by atoms with van der Waals surface area (Å²) >= 11 is 0. The number of pyridine rings is 1. The first-order chi connectivity index (χ1) is 12.3. The molecule has 0 spiro atoms. The highest BCUT2D eigenvalue weighted by molar-refractivity contribution is 5.32. The predicted molar refractivity (Wildman–Crippen MR) is 93.0 cm³/mol. The van der Waals surface area contributed by atoms with E-state index in [4.69, 9.17) is 4.74 Å². The van der Waals surface area contributed by atoms with Gasteiger partial charge in [-0.1, -0.05) is 6.07 Å². The van der Waals surface area contributed by atoms with Gasteiger partial charge in [0.1, 0.15) is 0 Å². The van der Waals surface area contributed by atoms with Crippen molar-refractivity contribution in [1.82, 2.24) is 24.5 Å². The Bertz CT molecular complexity index is 834. The summed E-state index contributed by atoms with van der Waals surface area (Å²) < 4.78 is 8.13. The van der Waals surface area contributed by atoms with Gasteiger partial charge in [-0.25, -0.2) is 15.0 Å². The number of hydrogen-bond donors (Lipinski definition) is 0. The molecule has 1 aliphatic heterocycles. The molecule has 7 heteroatoms. The topological polar surface area (TPSA) is 69.0 Å². The van der Waals surface area contributed by atoms with Crippen molar-refractivity contribution in [2.45, 2.75) is 26.1 Å². The van der Waals surface area contributed by atoms with Gasteiger partial charge in [0.15, 0.2) is 0 Å². The monoisotopic (exact) mass is 336 g/mol. The second-order valence-electron chi connectivity index (χ2n) is 6.16. The molecule has 0 aliphatic carbocycles. The summed E-state index contributed by atoms with van der Waals surface area (Å²) in [4.78, 5) is 19.7. The van der Waals surface area contributed by atoms with Gasteiger partial charge in [-0.2, -0.15) is 0 Å². The SMILES string of the molecule is Cc1cccc(COC[C@@H]2CN(c3ncccn3)Cc3cncn32)n1. The van der Waals surface area contributed by atoms with E-state index in [-0.39, 0.29) is 6.04 Å². The fourth-order valence-electron chi connectivity index (χ4n) is 3.11. The zero-order valence-electron chi connectivity index (χ0n) is 14.1. The summed E-state index contributed by atoms with van der Waals surface area (Å²) in [6, 6.07) is 7.97. The van der Waals surface area contributed by atoms with Crippen LogP contribution in [0.5, 0.6) is 0 Å². The number of imidazole rings is 1. The Hall–Kier alpha value is -2.80. The van der Waals surface area contributed by atoms with Gasteiger partial charge in [0.2, 0.25) is 5.95 Å². The summed E-state index contributed by atoms with van der Waals surface area (Å²) in [6.45, 7) is 4.61. The van der Waals surface area contributed by atoms with Crippen LogP contribution in [0.2, 0.25) is 0 Å². The molecule has 3 aromatic heterocycles. The van der Waals surface area contributed by atoms with Crippen molar-refractivity contribution in [2.75, 3.05) is 18.1 Å². The van der Waals surface area contributed by atoms with Crippen LogP contribution >= 0.6 is 0 Å². The van der Waals surface area contributed by atoms with Gasteiger partial charge in [-0.15, -0.1) is 0 Å². The lowest BCUT2D eigenvalue weighted by molar-refractivity contribution is 0.0857. The Morgan fingerprint density at radius 3 is 2.92 bits per heavy atom. The van der Waals surface area contributed by atoms with E-state index in [0.29, 0.717) is 13.2 Å². The van der Waals surface area contributed by atoms with Crippen LogP contribution < -0.4 is 4.90 Å². The molecule has 0 aromatic carbocycles. The third kappa shape index (κ3) is 3.51. The van der Waals surface area contributed by atoms with Gasteiger partial charge in [0.05, 0.1) is 43.5 Å². The first-order valence-corrected chi connectivity index (χ1v) is 8.32. The van der Waals surface area contributed by atoms with Crippen LogP contribution in [-0.2, 0) is 17.9 Å². The molecule has 4 heterocycles. The lowest BCUT2D eigenvalue weighted by Gasteiger charge is -2.34. The molecule has 0 fully saturated rings. The molecule has 0 saturated heterocycles. The normalized spacial score (nSPS) is 16.7. The fourth-order valence-corrected chi connectivity index (χ4v) is 3.11. The molecular formula is C18H20N6O. The van der Waals surface area contributed by atoms with E-state index in [1.54, 1.807) is 12.4 Å². The lowest BCUT2D eigenvalue weighted by atomic mass is 10.2. The fraction of sp³-hybridized carbons (Fsp3) is 0.333. The molecular weight excluding hydrogens is 316 g/mol. The molecule has 4 rings (SSSR count). The van der Waals surface area contributed by atoms with Gasteiger partial charge in [-0.05, 0) is 25.1 Å². The standard InChI is InChI=1S/C18H20N6O/c1-14-4-2-5-15(22-14)11-25-12-17-10-23(18-20-6-3-7-21-18)9-16-8-19-13-24(16)17/h2-8,13,17H,9-12H2,1H3/t17-/m0/s1. The molecule has 0 unspecified atom stereocenters. The summed E-state index contributed by atoms with van der Waals surface area (Å²) in [6.07, 6.45) is 7.30. The minimum atomic E-state index is 0.167. The zero-order chi connectivity index (χ0) is 17.1. The highest BCUT2D eigenvalue weighted by Gasteiger charge is 2.26. The van der Waals surface area contributed by atoms with E-state index in [1.165, 1.54) is 0 Å². The van der Waals surface area contributed by atoms with Gasteiger partial charge >= 0.3 is 0 Å². The summed E-state index contributed by atoms with van der Waals surface area (Å²) in [5.41, 5.74) is 3.09. The number of hydrogen-bond acceptors (Lipinski definition) is 6. The Labute approximate surface area is 146 Å². The largest absolute Gasteiger partial charge is 0.373 e. The number of fused-ring (bicyclic) bond motifs is 1. The number of aryl methyl sites for hydroxylation is 1. The van der Waals surface area contributed by atoms with Crippen LogP contribution in [-0.4, -0.2) is 37.7 Å². The van der Waals surface area contributed by atoms with Crippen molar-refractivity contribution in [3.63, 3.8) is 0 Å². The first kappa shape index (κ1) is 15.7. The Morgan fingerprint density at radius 1 is 1.20 bits per heavy atom. The Kier molecular flexibility index (Phi) is 4.39. The van der Waals surface area contributed by atoms with E-state index in [2.05, 4.69) is 29.4 Å². The van der Waals surface area contributed by atoms with E-state index in [0.717, 1.165) is 36.1 Å². The molecule has 0 amide bonds. The average molecular weight is 336 g/mol. The van der Waals surface area contributed by atoms with Crippen LogP contribution in [0.3, 0.4) is 0 Å². The molecule has 1 atom stereocenters. The number of rotatable bonds is 5. The summed E-state index contributed by atoms with van der Waals surface area (Å²) in [7, 11) is 0. The van der Waals surface area contributed by atoms with E-state index >= 15 is 0 Å². The quantitative estimate of drug-likeness (QED) is 0.711. The molecule has 0 radical (unpaired) electrons. The molecule has 7 nitrogen and oxygen atoms in total. The molecule has 0 bridgehead atoms. The number of nitrogens with zero attached hydrogens (tertiary/aromatic N) is 6. The third-order valence-electron chi connectivity index (χ3n) is 4.26. The lowest BCUT2D eigenvalue weighted by Crippen LogP contribution is -2.39. The van der Waals surface area contributed by atoms with Crippen LogP contribution in [0.25, 0.3) is 0 Å². The van der Waals surface area contributed by atoms with Crippen LogP contribution in [0.4, 0.5) is 5.95 Å². The van der Waals surface area contributed by atoms with Gasteiger partial charge in [0.25, 0.3) is 0 Å². The maximum Gasteiger partial charge on any atom is 0.225 e. The Balaban J connectivity index is 1.45. The van der Waals surface area contributed by atoms with Crippen LogP contribution in [0, 0.1) is 6.92 Å². The Morgan fingerprint density at radius 2 is 2.08 bits per heavy atom. The van der Waals surface area contributed by atoms with Crippen molar-refractivity contribution < 1.29 is 4.74 Å². The molecule has 25 heavy (non-hydrogen) atoms. The number of anilines is 1. The molecule has 0 saturated carbocycles. The highest BCUT2D eigenvalue weighted by atomic mass is 16.5. The van der Waals surface area contributed by atoms with E-state index < -0.39 is 0 Å². The number of ether oxygens (including phenoxy) is 1. The highest BCUT2D eigenvalue weighted by Crippen LogP contribution is 2.24. The number of aromatic nitrogens is 5. The van der Waals surface area contributed by atoms with Gasteiger partial charge in [0, 0.05) is 30.8 Å². The van der Waals surface area contributed by atoms with Gasteiger partial charge in [-0.3, -0.25) is 4.98 Å². The smallest absolute Gasteiger partial charge is 0.225 e. The van der Waals surface area contributed by atoms with Crippen molar-refractivity contribution in [3.8, 4) is 0 Å².